The van der Waals surface area contributed by atoms with Crippen LogP contribution in [0.2, 0.25) is 0 Å². The Kier molecular flexibility index (Phi) is 6.25. The maximum Gasteiger partial charge on any atom is 0.275 e. The number of ketones is 1. The lowest BCUT2D eigenvalue weighted by Gasteiger charge is -2.41. The first kappa shape index (κ1) is 22.0. The number of carbonyl (C=O) groups excluding carboxylic acids is 2. The summed E-state index contributed by atoms with van der Waals surface area (Å²) in [6.07, 6.45) is 1.44. The molecule has 0 saturated carbocycles. The molecule has 1 aliphatic heterocycles. The van der Waals surface area contributed by atoms with Crippen LogP contribution in [0.3, 0.4) is 0 Å². The van der Waals surface area contributed by atoms with Crippen molar-refractivity contribution in [3.8, 4) is 10.6 Å². The molecular weight excluding hydrogens is 422 g/mol. The van der Waals surface area contributed by atoms with Crippen LogP contribution in [0.15, 0.2) is 53.9 Å². The Morgan fingerprint density at radius 2 is 1.88 bits per heavy atom. The number of likely N-dealkylation sites (N-methyl/N-ethyl adjacent to an activating group) is 1. The summed E-state index contributed by atoms with van der Waals surface area (Å²) in [6, 6.07) is 15.2. The van der Waals surface area contributed by atoms with Gasteiger partial charge in [-0.25, -0.2) is 4.98 Å². The van der Waals surface area contributed by atoms with Gasteiger partial charge in [0, 0.05) is 29.7 Å². The molecule has 1 fully saturated rings. The van der Waals surface area contributed by atoms with Gasteiger partial charge in [-0.15, -0.1) is 11.3 Å². The van der Waals surface area contributed by atoms with Gasteiger partial charge in [0.05, 0.1) is 16.9 Å². The Bertz CT molecular complexity index is 1130. The molecule has 1 aromatic heterocycles. The molecule has 8 heteroatoms. The summed E-state index contributed by atoms with van der Waals surface area (Å²) < 4.78 is 0. The van der Waals surface area contributed by atoms with Gasteiger partial charge in [0.25, 0.3) is 5.91 Å². The van der Waals surface area contributed by atoms with Gasteiger partial charge >= 0.3 is 0 Å². The molecule has 0 unspecified atom stereocenters. The first-order valence-electron chi connectivity index (χ1n) is 10.6. The topological polar surface area (TPSA) is 100 Å². The molecule has 3 aromatic rings. The summed E-state index contributed by atoms with van der Waals surface area (Å²) >= 11 is 1.41. The Morgan fingerprint density at radius 1 is 1.12 bits per heavy atom. The Morgan fingerprint density at radius 3 is 2.56 bits per heavy atom. The van der Waals surface area contributed by atoms with Crippen molar-refractivity contribution >= 4 is 40.1 Å². The summed E-state index contributed by atoms with van der Waals surface area (Å²) in [7, 11) is 1.84. The number of hydrogen-bond donors (Lipinski definition) is 3. The summed E-state index contributed by atoms with van der Waals surface area (Å²) in [4.78, 5) is 31.8. The minimum atomic E-state index is -0.466. The van der Waals surface area contributed by atoms with Crippen LogP contribution in [-0.2, 0) is 4.79 Å². The van der Waals surface area contributed by atoms with E-state index in [-0.39, 0.29) is 11.7 Å². The fraction of sp³-hybridized carbons (Fsp3) is 0.292. The fourth-order valence-electron chi connectivity index (χ4n) is 4.13. The third-order valence-corrected chi connectivity index (χ3v) is 7.02. The molecule has 0 radical (unpaired) electrons. The van der Waals surface area contributed by atoms with Crippen LogP contribution < -0.4 is 21.3 Å². The number of nitrogens with one attached hydrogen (secondary N) is 2. The number of nitrogen functional groups attached to an aromatic ring is 1. The third-order valence-electron chi connectivity index (χ3n) is 6.13. The molecule has 4 rings (SSSR count). The van der Waals surface area contributed by atoms with Crippen molar-refractivity contribution in [3.05, 3.63) is 59.6 Å². The van der Waals surface area contributed by atoms with E-state index in [0.29, 0.717) is 11.4 Å². The van der Waals surface area contributed by atoms with Gasteiger partial charge in [0.1, 0.15) is 16.5 Å². The van der Waals surface area contributed by atoms with Gasteiger partial charge in [-0.2, -0.15) is 0 Å². The predicted molar refractivity (Wildman–Crippen MR) is 130 cm³/mol. The van der Waals surface area contributed by atoms with E-state index in [2.05, 4.69) is 20.5 Å². The van der Waals surface area contributed by atoms with Crippen molar-refractivity contribution in [2.45, 2.75) is 25.3 Å². The smallest absolute Gasteiger partial charge is 0.275 e. The van der Waals surface area contributed by atoms with E-state index >= 15 is 0 Å². The molecular formula is C24H27N5O2S. The highest BCUT2D eigenvalue weighted by Crippen LogP contribution is 2.32. The standard InChI is InChI=1S/C24H27N5O2S/c1-16(30)24(26-2)10-12-29(13-11-24)21-9-4-3-8-19(21)27-22(31)20-15-32-23(28-20)17-6-5-7-18(25)14-17/h3-9,14-15,26H,10-13,25H2,1-2H3,(H,27,31). The summed E-state index contributed by atoms with van der Waals surface area (Å²) in [5, 5.41) is 8.73. The fourth-order valence-corrected chi connectivity index (χ4v) is 4.93. The van der Waals surface area contributed by atoms with Crippen molar-refractivity contribution in [1.29, 1.82) is 0 Å². The van der Waals surface area contributed by atoms with E-state index in [4.69, 9.17) is 5.73 Å². The molecule has 2 heterocycles. The van der Waals surface area contributed by atoms with Crippen LogP contribution in [0.4, 0.5) is 17.1 Å². The number of Topliss-reactive ketones (excluding diaryl/α,β-unsaturated/α-hetero) is 1. The van der Waals surface area contributed by atoms with E-state index in [1.54, 1.807) is 12.3 Å². The minimum Gasteiger partial charge on any atom is -0.399 e. The van der Waals surface area contributed by atoms with Crippen LogP contribution >= 0.6 is 11.3 Å². The van der Waals surface area contributed by atoms with E-state index in [1.165, 1.54) is 11.3 Å². The zero-order valence-corrected chi connectivity index (χ0v) is 19.0. The number of piperidine rings is 1. The molecule has 0 atom stereocenters. The normalized spacial score (nSPS) is 15.4. The van der Waals surface area contributed by atoms with Crippen molar-refractivity contribution in [3.63, 3.8) is 0 Å². The quantitative estimate of drug-likeness (QED) is 0.495. The number of aromatic nitrogens is 1. The van der Waals surface area contributed by atoms with Crippen LogP contribution in [0.25, 0.3) is 10.6 Å². The molecule has 0 aliphatic carbocycles. The molecule has 4 N–H and O–H groups in total. The number of anilines is 3. The van der Waals surface area contributed by atoms with E-state index < -0.39 is 5.54 Å². The molecule has 1 aliphatic rings. The van der Waals surface area contributed by atoms with Crippen molar-refractivity contribution in [2.24, 2.45) is 0 Å². The van der Waals surface area contributed by atoms with Gasteiger partial charge in [0.15, 0.2) is 0 Å². The van der Waals surface area contributed by atoms with E-state index in [0.717, 1.165) is 47.9 Å². The second kappa shape index (κ2) is 9.10. The van der Waals surface area contributed by atoms with Crippen LogP contribution in [0, 0.1) is 0 Å². The highest BCUT2D eigenvalue weighted by atomic mass is 32.1. The number of carbonyl (C=O) groups is 2. The van der Waals surface area contributed by atoms with Gasteiger partial charge in [0.2, 0.25) is 0 Å². The summed E-state index contributed by atoms with van der Waals surface area (Å²) in [5.41, 5.74) is 8.99. The maximum absolute atomic E-state index is 12.9. The van der Waals surface area contributed by atoms with Gasteiger partial charge in [-0.3, -0.25) is 9.59 Å². The molecule has 2 aromatic carbocycles. The Labute approximate surface area is 191 Å². The molecule has 32 heavy (non-hydrogen) atoms. The molecule has 0 spiro atoms. The zero-order valence-electron chi connectivity index (χ0n) is 18.2. The average molecular weight is 450 g/mol. The van der Waals surface area contributed by atoms with Gasteiger partial charge < -0.3 is 21.3 Å². The number of nitrogens with two attached hydrogens (primary N) is 1. The minimum absolute atomic E-state index is 0.167. The first-order valence-corrected chi connectivity index (χ1v) is 11.5. The number of thiazole rings is 1. The summed E-state index contributed by atoms with van der Waals surface area (Å²) in [6.45, 7) is 3.10. The summed E-state index contributed by atoms with van der Waals surface area (Å²) in [5.74, 6) is -0.0880. The Balaban J connectivity index is 1.49. The number of amides is 1. The largest absolute Gasteiger partial charge is 0.399 e. The zero-order chi connectivity index (χ0) is 22.7. The monoisotopic (exact) mass is 449 g/mol. The second-order valence-corrected chi connectivity index (χ2v) is 8.87. The van der Waals surface area contributed by atoms with Crippen LogP contribution in [0.5, 0.6) is 0 Å². The van der Waals surface area contributed by atoms with E-state index in [9.17, 15) is 9.59 Å². The average Bonchev–Trinajstić information content (AvgIpc) is 3.30. The van der Waals surface area contributed by atoms with Crippen molar-refractivity contribution < 1.29 is 9.59 Å². The van der Waals surface area contributed by atoms with Gasteiger partial charge in [-0.05, 0) is 51.1 Å². The number of benzene rings is 2. The Hall–Kier alpha value is -3.23. The number of nitrogens with zero attached hydrogens (tertiary/aromatic N) is 2. The molecule has 7 nitrogen and oxygen atoms in total. The molecule has 166 valence electrons. The highest BCUT2D eigenvalue weighted by Gasteiger charge is 2.37. The lowest BCUT2D eigenvalue weighted by atomic mass is 9.84. The predicted octanol–water partition coefficient (Wildman–Crippen LogP) is 3.79. The third kappa shape index (κ3) is 4.37. The second-order valence-electron chi connectivity index (χ2n) is 8.01. The van der Waals surface area contributed by atoms with Crippen LogP contribution in [-0.4, -0.2) is 42.4 Å². The number of hydrogen-bond acceptors (Lipinski definition) is 7. The lowest BCUT2D eigenvalue weighted by Crippen LogP contribution is -2.56. The first-order chi connectivity index (χ1) is 15.4. The van der Waals surface area contributed by atoms with Crippen molar-refractivity contribution in [2.75, 3.05) is 36.1 Å². The van der Waals surface area contributed by atoms with E-state index in [1.807, 2.05) is 55.6 Å². The van der Waals surface area contributed by atoms with Crippen molar-refractivity contribution in [1.82, 2.24) is 10.3 Å². The lowest BCUT2D eigenvalue weighted by molar-refractivity contribution is -0.123. The molecule has 1 amide bonds. The number of para-hydroxylation sites is 2. The molecule has 0 bridgehead atoms. The maximum atomic E-state index is 12.9. The molecule has 1 saturated heterocycles. The SMILES string of the molecule is CNC1(C(C)=O)CCN(c2ccccc2NC(=O)c2csc(-c3cccc(N)c3)n2)CC1. The van der Waals surface area contributed by atoms with Gasteiger partial charge in [-0.1, -0.05) is 24.3 Å². The number of rotatable bonds is 6. The van der Waals surface area contributed by atoms with Crippen LogP contribution in [0.1, 0.15) is 30.3 Å². The highest BCUT2D eigenvalue weighted by molar-refractivity contribution is 7.13.